The van der Waals surface area contributed by atoms with Gasteiger partial charge >= 0.3 is 5.97 Å². The van der Waals surface area contributed by atoms with Crippen LogP contribution in [0.15, 0.2) is 24.3 Å². The number of carboxylic acids is 1. The van der Waals surface area contributed by atoms with Crippen molar-refractivity contribution >= 4 is 33.9 Å². The second kappa shape index (κ2) is 5.90. The van der Waals surface area contributed by atoms with Crippen molar-refractivity contribution in [1.82, 2.24) is 9.38 Å². The number of aromatic nitrogens is 2. The molecule has 0 amide bonds. The van der Waals surface area contributed by atoms with E-state index in [1.165, 1.54) is 10.6 Å². The van der Waals surface area contributed by atoms with Gasteiger partial charge in [-0.1, -0.05) is 30.7 Å². The van der Waals surface area contributed by atoms with Crippen LogP contribution in [-0.2, 0) is 24.1 Å². The Hall–Kier alpha value is -1.85. The first-order valence-corrected chi connectivity index (χ1v) is 9.22. The zero-order chi connectivity index (χ0) is 16.8. The van der Waals surface area contributed by atoms with Crippen LogP contribution in [0.5, 0.6) is 0 Å². The number of hydrogen-bond acceptors (Lipinski definition) is 3. The van der Waals surface area contributed by atoms with E-state index in [4.69, 9.17) is 16.6 Å². The first-order chi connectivity index (χ1) is 11.5. The summed E-state index contributed by atoms with van der Waals surface area (Å²) in [5.41, 5.74) is 3.68. The summed E-state index contributed by atoms with van der Waals surface area (Å²) in [6.45, 7) is 2.27. The Morgan fingerprint density at radius 1 is 1.42 bits per heavy atom. The van der Waals surface area contributed by atoms with Crippen molar-refractivity contribution in [2.45, 2.75) is 32.6 Å². The topological polar surface area (TPSA) is 54.6 Å². The van der Waals surface area contributed by atoms with E-state index in [2.05, 4.69) is 11.3 Å². The van der Waals surface area contributed by atoms with Gasteiger partial charge in [0.1, 0.15) is 0 Å². The lowest BCUT2D eigenvalue weighted by Crippen LogP contribution is -2.13. The van der Waals surface area contributed by atoms with Crippen LogP contribution in [-0.4, -0.2) is 20.5 Å². The highest BCUT2D eigenvalue weighted by Gasteiger charge is 2.26. The van der Waals surface area contributed by atoms with E-state index in [9.17, 15) is 9.90 Å². The fourth-order valence-corrected chi connectivity index (χ4v) is 4.90. The normalized spacial score (nSPS) is 17.2. The Morgan fingerprint density at radius 3 is 2.88 bits per heavy atom. The Morgan fingerprint density at radius 2 is 2.17 bits per heavy atom. The molecule has 6 heteroatoms. The van der Waals surface area contributed by atoms with Crippen molar-refractivity contribution < 1.29 is 9.90 Å². The van der Waals surface area contributed by atoms with Crippen molar-refractivity contribution in [2.75, 3.05) is 0 Å². The van der Waals surface area contributed by atoms with Crippen LogP contribution in [0.25, 0.3) is 16.2 Å². The van der Waals surface area contributed by atoms with E-state index in [0.717, 1.165) is 41.2 Å². The molecule has 2 aromatic heterocycles. The van der Waals surface area contributed by atoms with E-state index in [0.29, 0.717) is 10.9 Å². The van der Waals surface area contributed by atoms with Gasteiger partial charge in [0.15, 0.2) is 4.96 Å². The van der Waals surface area contributed by atoms with Crippen molar-refractivity contribution in [1.29, 1.82) is 0 Å². The molecule has 0 spiro atoms. The molecule has 0 fully saturated rings. The molecule has 1 aliphatic carbocycles. The van der Waals surface area contributed by atoms with Crippen LogP contribution >= 0.6 is 22.9 Å². The highest BCUT2D eigenvalue weighted by molar-refractivity contribution is 7.17. The number of aliphatic carboxylic acids is 1. The lowest BCUT2D eigenvalue weighted by molar-refractivity contribution is -0.136. The number of carbonyl (C=O) groups is 1. The van der Waals surface area contributed by atoms with Crippen LogP contribution in [0.1, 0.15) is 29.6 Å². The lowest BCUT2D eigenvalue weighted by atomic mass is 9.93. The number of nitrogens with zero attached hydrogens (tertiary/aromatic N) is 2. The van der Waals surface area contributed by atoms with Crippen LogP contribution < -0.4 is 0 Å². The van der Waals surface area contributed by atoms with E-state index in [-0.39, 0.29) is 6.42 Å². The van der Waals surface area contributed by atoms with Gasteiger partial charge in [0, 0.05) is 21.2 Å². The van der Waals surface area contributed by atoms with Gasteiger partial charge in [-0.25, -0.2) is 4.98 Å². The van der Waals surface area contributed by atoms with Gasteiger partial charge in [0.2, 0.25) is 0 Å². The van der Waals surface area contributed by atoms with E-state index < -0.39 is 5.97 Å². The van der Waals surface area contributed by atoms with Gasteiger partial charge in [0.05, 0.1) is 17.8 Å². The Kier molecular flexibility index (Phi) is 3.85. The third-order valence-corrected chi connectivity index (χ3v) is 5.95. The number of aryl methyl sites for hydroxylation is 1. The SMILES string of the molecule is CC1CCc2c(sc3nc(-c4ccc(Cl)cc4)c(CC(=O)O)n23)C1. The molecule has 1 N–H and O–H groups in total. The fourth-order valence-electron chi connectivity index (χ4n) is 3.43. The number of imidazole rings is 1. The van der Waals surface area contributed by atoms with Crippen molar-refractivity contribution in [2.24, 2.45) is 5.92 Å². The molecule has 0 aliphatic heterocycles. The smallest absolute Gasteiger partial charge is 0.309 e. The molecule has 24 heavy (non-hydrogen) atoms. The molecule has 0 saturated heterocycles. The standard InChI is InChI=1S/C18H17ClN2O2S/c1-10-2-7-13-15(8-10)24-18-20-17(11-3-5-12(19)6-4-11)14(21(13)18)9-16(22)23/h3-6,10H,2,7-9H2,1H3,(H,22,23). The zero-order valence-corrected chi connectivity index (χ0v) is 14.8. The molecule has 0 bridgehead atoms. The highest BCUT2D eigenvalue weighted by Crippen LogP contribution is 2.36. The van der Waals surface area contributed by atoms with Crippen molar-refractivity contribution in [3.8, 4) is 11.3 Å². The number of thiazole rings is 1. The summed E-state index contributed by atoms with van der Waals surface area (Å²) in [5.74, 6) is -0.157. The predicted molar refractivity (Wildman–Crippen MR) is 96.0 cm³/mol. The monoisotopic (exact) mass is 360 g/mol. The molecule has 1 unspecified atom stereocenters. The van der Waals surface area contributed by atoms with E-state index in [1.807, 2.05) is 24.3 Å². The molecular formula is C18H17ClN2O2S. The fraction of sp³-hybridized carbons (Fsp3) is 0.333. The molecule has 2 heterocycles. The molecule has 4 rings (SSSR count). The molecule has 3 aromatic rings. The van der Waals surface area contributed by atoms with Gasteiger partial charge in [-0.15, -0.1) is 11.3 Å². The van der Waals surface area contributed by atoms with Crippen molar-refractivity contribution in [3.63, 3.8) is 0 Å². The summed E-state index contributed by atoms with van der Waals surface area (Å²) < 4.78 is 2.09. The average Bonchev–Trinajstić information content (AvgIpc) is 3.04. The van der Waals surface area contributed by atoms with E-state index in [1.54, 1.807) is 11.3 Å². The summed E-state index contributed by atoms with van der Waals surface area (Å²) >= 11 is 7.67. The number of rotatable bonds is 3. The molecule has 4 nitrogen and oxygen atoms in total. The first kappa shape index (κ1) is 15.7. The Bertz CT molecular complexity index is 927. The molecule has 0 saturated carbocycles. The van der Waals surface area contributed by atoms with E-state index >= 15 is 0 Å². The number of halogens is 1. The first-order valence-electron chi connectivity index (χ1n) is 8.02. The third-order valence-electron chi connectivity index (χ3n) is 4.59. The number of carboxylic acid groups (broad SMARTS) is 1. The second-order valence-corrected chi connectivity index (χ2v) is 7.92. The third kappa shape index (κ3) is 2.62. The van der Waals surface area contributed by atoms with Crippen LogP contribution in [0, 0.1) is 5.92 Å². The van der Waals surface area contributed by atoms with Gasteiger partial charge < -0.3 is 5.11 Å². The average molecular weight is 361 g/mol. The van der Waals surface area contributed by atoms with Gasteiger partial charge in [-0.05, 0) is 37.3 Å². The van der Waals surface area contributed by atoms with Crippen LogP contribution in [0.4, 0.5) is 0 Å². The summed E-state index contributed by atoms with van der Waals surface area (Å²) in [6.07, 6.45) is 3.16. The minimum absolute atomic E-state index is 0.0299. The summed E-state index contributed by atoms with van der Waals surface area (Å²) in [7, 11) is 0. The maximum Gasteiger partial charge on any atom is 0.309 e. The number of hydrogen-bond donors (Lipinski definition) is 1. The Labute approximate surface area is 148 Å². The molecule has 124 valence electrons. The number of benzene rings is 1. The summed E-state index contributed by atoms with van der Waals surface area (Å²) in [4.78, 5) is 18.5. The summed E-state index contributed by atoms with van der Waals surface area (Å²) in [5, 5.41) is 10.0. The molecule has 1 aliphatic rings. The van der Waals surface area contributed by atoms with Gasteiger partial charge in [0.25, 0.3) is 0 Å². The maximum absolute atomic E-state index is 11.4. The minimum Gasteiger partial charge on any atom is -0.481 e. The van der Waals surface area contributed by atoms with Crippen LogP contribution in [0.3, 0.4) is 0 Å². The van der Waals surface area contributed by atoms with Crippen LogP contribution in [0.2, 0.25) is 5.02 Å². The summed E-state index contributed by atoms with van der Waals surface area (Å²) in [6, 6.07) is 7.42. The number of fused-ring (bicyclic) bond motifs is 3. The zero-order valence-electron chi connectivity index (χ0n) is 13.3. The second-order valence-electron chi connectivity index (χ2n) is 6.42. The van der Waals surface area contributed by atoms with Gasteiger partial charge in [-0.3, -0.25) is 9.20 Å². The largest absolute Gasteiger partial charge is 0.481 e. The molecule has 0 radical (unpaired) electrons. The molecule has 1 aromatic carbocycles. The highest BCUT2D eigenvalue weighted by atomic mass is 35.5. The molecular weight excluding hydrogens is 344 g/mol. The Balaban J connectivity index is 1.92. The quantitative estimate of drug-likeness (QED) is 0.749. The predicted octanol–water partition coefficient (Wildman–Crippen LogP) is 4.47. The minimum atomic E-state index is -0.837. The molecule has 1 atom stereocenters. The lowest BCUT2D eigenvalue weighted by Gasteiger charge is -2.18. The van der Waals surface area contributed by atoms with Gasteiger partial charge in [-0.2, -0.15) is 0 Å². The maximum atomic E-state index is 11.4. The van der Waals surface area contributed by atoms with Crippen molar-refractivity contribution in [3.05, 3.63) is 45.6 Å².